The van der Waals surface area contributed by atoms with Crippen LogP contribution < -0.4 is 11.1 Å². The van der Waals surface area contributed by atoms with Crippen molar-refractivity contribution < 1.29 is 9.18 Å². The smallest absolute Gasteiger partial charge is 0.264 e. The molecule has 98 valence electrons. The molecular formula is C11H9FN4OS2. The minimum atomic E-state index is -0.465. The zero-order valence-electron chi connectivity index (χ0n) is 9.59. The van der Waals surface area contributed by atoms with E-state index in [9.17, 15) is 9.18 Å². The Morgan fingerprint density at radius 2 is 2.32 bits per heavy atom. The number of hydrogen-bond acceptors (Lipinski definition) is 5. The fourth-order valence-electron chi connectivity index (χ4n) is 1.37. The third-order valence-electron chi connectivity index (χ3n) is 2.36. The predicted octanol–water partition coefficient (Wildman–Crippen LogP) is 1.24. The number of nitrogens with one attached hydrogen (secondary N) is 1. The quantitative estimate of drug-likeness (QED) is 0.830. The first-order valence-electron chi connectivity index (χ1n) is 5.21. The maximum Gasteiger partial charge on any atom is 0.264 e. The Balaban J connectivity index is 2.04. The molecule has 2 aromatic rings. The Morgan fingerprint density at radius 1 is 1.53 bits per heavy atom. The van der Waals surface area contributed by atoms with E-state index in [1.807, 2.05) is 0 Å². The van der Waals surface area contributed by atoms with Crippen molar-refractivity contribution in [2.24, 2.45) is 5.73 Å². The van der Waals surface area contributed by atoms with Gasteiger partial charge in [0.1, 0.15) is 15.7 Å². The summed E-state index contributed by atoms with van der Waals surface area (Å²) < 4.78 is 17.3. The molecule has 3 N–H and O–H groups in total. The highest BCUT2D eigenvalue weighted by atomic mass is 32.1. The van der Waals surface area contributed by atoms with Crippen molar-refractivity contribution in [3.63, 3.8) is 0 Å². The van der Waals surface area contributed by atoms with Gasteiger partial charge in [-0.3, -0.25) is 4.79 Å². The van der Waals surface area contributed by atoms with Gasteiger partial charge < -0.3 is 11.1 Å². The average molecular weight is 296 g/mol. The number of thiocarbonyl (C=S) groups is 1. The van der Waals surface area contributed by atoms with Crippen LogP contribution >= 0.6 is 23.8 Å². The third-order valence-corrected chi connectivity index (χ3v) is 3.26. The first-order chi connectivity index (χ1) is 9.08. The lowest BCUT2D eigenvalue weighted by Gasteiger charge is -2.06. The molecule has 0 spiro atoms. The van der Waals surface area contributed by atoms with Crippen LogP contribution in [0.1, 0.15) is 20.8 Å². The Bertz CT molecular complexity index is 615. The molecule has 0 radical (unpaired) electrons. The summed E-state index contributed by atoms with van der Waals surface area (Å²) in [5, 5.41) is 6.13. The van der Waals surface area contributed by atoms with Crippen molar-refractivity contribution in [2.75, 3.05) is 0 Å². The standard InChI is InChI=1S/C11H9FN4OS2/c12-8-3-6(10(13)18)1-2-7(8)4-14-11(17)9-5-15-16-19-9/h1-3,5H,4H2,(H2,13,18)(H,14,17). The lowest BCUT2D eigenvalue weighted by molar-refractivity contribution is 0.0954. The second-order valence-electron chi connectivity index (χ2n) is 3.63. The molecule has 1 amide bonds. The van der Waals surface area contributed by atoms with Crippen molar-refractivity contribution in [2.45, 2.75) is 6.54 Å². The second-order valence-corrected chi connectivity index (χ2v) is 4.86. The Hall–Kier alpha value is -1.93. The highest BCUT2D eigenvalue weighted by molar-refractivity contribution is 7.80. The number of hydrogen-bond donors (Lipinski definition) is 2. The van der Waals surface area contributed by atoms with Gasteiger partial charge in [0.05, 0.1) is 6.20 Å². The number of benzene rings is 1. The van der Waals surface area contributed by atoms with Crippen molar-refractivity contribution in [1.82, 2.24) is 14.9 Å². The molecular weight excluding hydrogens is 287 g/mol. The van der Waals surface area contributed by atoms with E-state index in [0.29, 0.717) is 16.0 Å². The first kappa shape index (κ1) is 13.5. The lowest BCUT2D eigenvalue weighted by Crippen LogP contribution is -2.22. The summed E-state index contributed by atoms with van der Waals surface area (Å²) in [6.45, 7) is 0.0696. The molecule has 0 aliphatic carbocycles. The zero-order valence-corrected chi connectivity index (χ0v) is 11.2. The number of aromatic nitrogens is 2. The molecule has 1 aromatic heterocycles. The van der Waals surface area contributed by atoms with Crippen LogP contribution in [0.3, 0.4) is 0 Å². The van der Waals surface area contributed by atoms with Crippen LogP contribution in [0.15, 0.2) is 24.4 Å². The van der Waals surface area contributed by atoms with E-state index in [1.54, 1.807) is 6.07 Å². The monoisotopic (exact) mass is 296 g/mol. The van der Waals surface area contributed by atoms with Crippen molar-refractivity contribution in [3.8, 4) is 0 Å². The summed E-state index contributed by atoms with van der Waals surface area (Å²) >= 11 is 5.73. The molecule has 0 saturated carbocycles. The molecule has 2 rings (SSSR count). The summed E-state index contributed by atoms with van der Waals surface area (Å²) in [6.07, 6.45) is 1.35. The van der Waals surface area contributed by atoms with Gasteiger partial charge in [0, 0.05) is 17.7 Å². The molecule has 1 heterocycles. The molecule has 19 heavy (non-hydrogen) atoms. The van der Waals surface area contributed by atoms with Crippen molar-refractivity contribution in [3.05, 3.63) is 46.2 Å². The van der Waals surface area contributed by atoms with E-state index in [1.165, 1.54) is 18.3 Å². The number of carbonyl (C=O) groups is 1. The van der Waals surface area contributed by atoms with Crippen molar-refractivity contribution in [1.29, 1.82) is 0 Å². The van der Waals surface area contributed by atoms with Gasteiger partial charge in [0.2, 0.25) is 0 Å². The molecule has 0 aliphatic rings. The van der Waals surface area contributed by atoms with Crippen LogP contribution in [-0.2, 0) is 6.54 Å². The summed E-state index contributed by atoms with van der Waals surface area (Å²) in [6, 6.07) is 4.40. The number of rotatable bonds is 4. The first-order valence-corrected chi connectivity index (χ1v) is 6.40. The van der Waals surface area contributed by atoms with Gasteiger partial charge in [0.25, 0.3) is 5.91 Å². The molecule has 0 saturated heterocycles. The van der Waals surface area contributed by atoms with Gasteiger partial charge in [0.15, 0.2) is 0 Å². The van der Waals surface area contributed by atoms with E-state index in [2.05, 4.69) is 14.9 Å². The van der Waals surface area contributed by atoms with Crippen LogP contribution in [0.4, 0.5) is 4.39 Å². The summed E-state index contributed by atoms with van der Waals surface area (Å²) in [5.41, 5.74) is 6.21. The summed E-state index contributed by atoms with van der Waals surface area (Å²) in [5.74, 6) is -0.805. The van der Waals surface area contributed by atoms with E-state index in [-0.39, 0.29) is 17.4 Å². The molecule has 1 aromatic carbocycles. The number of nitrogens with two attached hydrogens (primary N) is 1. The maximum absolute atomic E-state index is 13.7. The molecule has 0 aliphatic heterocycles. The third kappa shape index (κ3) is 3.30. The zero-order chi connectivity index (χ0) is 13.8. The predicted molar refractivity (Wildman–Crippen MR) is 73.4 cm³/mol. The molecule has 5 nitrogen and oxygen atoms in total. The van der Waals surface area contributed by atoms with Crippen molar-refractivity contribution >= 4 is 34.6 Å². The van der Waals surface area contributed by atoms with E-state index in [0.717, 1.165) is 11.5 Å². The molecule has 8 heteroatoms. The fourth-order valence-corrected chi connectivity index (χ4v) is 1.93. The highest BCUT2D eigenvalue weighted by Crippen LogP contribution is 2.11. The van der Waals surface area contributed by atoms with Gasteiger partial charge in [-0.25, -0.2) is 4.39 Å². The minimum Gasteiger partial charge on any atom is -0.389 e. The second kappa shape index (κ2) is 5.81. The van der Waals surface area contributed by atoms with Gasteiger partial charge in [-0.1, -0.05) is 28.8 Å². The number of halogens is 1. The van der Waals surface area contributed by atoms with E-state index >= 15 is 0 Å². The summed E-state index contributed by atoms with van der Waals surface area (Å²) in [4.78, 5) is 12.1. The van der Waals surface area contributed by atoms with E-state index in [4.69, 9.17) is 18.0 Å². The maximum atomic E-state index is 13.7. The minimum absolute atomic E-state index is 0.0696. The number of nitrogens with zero attached hydrogens (tertiary/aromatic N) is 2. The largest absolute Gasteiger partial charge is 0.389 e. The molecule has 0 fully saturated rings. The van der Waals surface area contributed by atoms with Gasteiger partial charge in [-0.2, -0.15) is 0 Å². The Morgan fingerprint density at radius 3 is 2.89 bits per heavy atom. The van der Waals surface area contributed by atoms with Crippen LogP contribution in [0.25, 0.3) is 0 Å². The average Bonchev–Trinajstić information content (AvgIpc) is 2.90. The van der Waals surface area contributed by atoms with Gasteiger partial charge in [-0.15, -0.1) is 5.10 Å². The normalized spacial score (nSPS) is 10.2. The Kier molecular flexibility index (Phi) is 4.13. The van der Waals surface area contributed by atoms with Crippen LogP contribution in [0, 0.1) is 5.82 Å². The molecule has 0 bridgehead atoms. The molecule has 0 unspecified atom stereocenters. The summed E-state index contributed by atoms with van der Waals surface area (Å²) in [7, 11) is 0. The van der Waals surface area contributed by atoms with Gasteiger partial charge in [-0.05, 0) is 17.6 Å². The SMILES string of the molecule is NC(=S)c1ccc(CNC(=O)c2cnns2)c(F)c1. The van der Waals surface area contributed by atoms with Gasteiger partial charge >= 0.3 is 0 Å². The number of carbonyl (C=O) groups excluding carboxylic acids is 1. The highest BCUT2D eigenvalue weighted by Gasteiger charge is 2.10. The lowest BCUT2D eigenvalue weighted by atomic mass is 10.1. The Labute approximate surface area is 117 Å². The number of amides is 1. The van der Waals surface area contributed by atoms with E-state index < -0.39 is 5.82 Å². The molecule has 0 atom stereocenters. The van der Waals surface area contributed by atoms with Crippen LogP contribution in [0.5, 0.6) is 0 Å². The van der Waals surface area contributed by atoms with Crippen LogP contribution in [-0.4, -0.2) is 20.5 Å². The topological polar surface area (TPSA) is 80.9 Å². The van der Waals surface area contributed by atoms with Crippen LogP contribution in [0.2, 0.25) is 0 Å². The fraction of sp³-hybridized carbons (Fsp3) is 0.0909.